The van der Waals surface area contributed by atoms with Crippen molar-refractivity contribution < 1.29 is 13.2 Å². The number of hydrogen-bond acceptors (Lipinski definition) is 5. The first-order valence-corrected chi connectivity index (χ1v) is 10.5. The highest BCUT2D eigenvalue weighted by Crippen LogP contribution is 2.19. The van der Waals surface area contributed by atoms with E-state index in [4.69, 9.17) is 0 Å². The van der Waals surface area contributed by atoms with Crippen molar-refractivity contribution in [3.05, 3.63) is 72.1 Å². The van der Waals surface area contributed by atoms with Crippen LogP contribution >= 0.6 is 0 Å². The van der Waals surface area contributed by atoms with Gasteiger partial charge in [0.25, 0.3) is 5.91 Å². The Morgan fingerprint density at radius 3 is 2.38 bits per heavy atom. The number of nitrogens with zero attached hydrogens (tertiary/aromatic N) is 4. The molecule has 0 aliphatic rings. The van der Waals surface area contributed by atoms with E-state index in [9.17, 15) is 13.2 Å². The van der Waals surface area contributed by atoms with Gasteiger partial charge in [-0.1, -0.05) is 35.5 Å². The van der Waals surface area contributed by atoms with Gasteiger partial charge in [0.15, 0.2) is 5.69 Å². The number of benzene rings is 2. The van der Waals surface area contributed by atoms with Crippen LogP contribution in [0, 0.1) is 0 Å². The molecule has 0 spiro atoms. The summed E-state index contributed by atoms with van der Waals surface area (Å²) in [7, 11) is -2.03. The van der Waals surface area contributed by atoms with Crippen molar-refractivity contribution in [3.8, 4) is 0 Å². The fourth-order valence-electron chi connectivity index (χ4n) is 2.60. The van der Waals surface area contributed by atoms with Crippen molar-refractivity contribution in [2.24, 2.45) is 0 Å². The molecule has 1 heterocycles. The van der Waals surface area contributed by atoms with Crippen LogP contribution in [0.3, 0.4) is 0 Å². The normalized spacial score (nSPS) is 11.8. The van der Waals surface area contributed by atoms with Gasteiger partial charge in [-0.25, -0.2) is 13.1 Å². The van der Waals surface area contributed by atoms with Crippen molar-refractivity contribution in [2.45, 2.75) is 31.3 Å². The van der Waals surface area contributed by atoms with Crippen LogP contribution in [-0.2, 0) is 16.6 Å². The maximum absolute atomic E-state index is 12.5. The van der Waals surface area contributed by atoms with Crippen LogP contribution in [0.5, 0.6) is 0 Å². The number of hydrogen-bond donors (Lipinski definition) is 1. The highest BCUT2D eigenvalue weighted by atomic mass is 32.2. The molecule has 3 aromatic rings. The molecular formula is C20H23N5O3S. The molecule has 9 heteroatoms. The summed E-state index contributed by atoms with van der Waals surface area (Å²) >= 11 is 0. The molecule has 0 atom stereocenters. The Labute approximate surface area is 170 Å². The fourth-order valence-corrected chi connectivity index (χ4v) is 3.97. The molecule has 0 aliphatic carbocycles. The van der Waals surface area contributed by atoms with Gasteiger partial charge >= 0.3 is 0 Å². The minimum absolute atomic E-state index is 0.155. The number of sulfonamides is 1. The Morgan fingerprint density at radius 1 is 1.10 bits per heavy atom. The van der Waals surface area contributed by atoms with Crippen molar-refractivity contribution in [1.29, 1.82) is 0 Å². The van der Waals surface area contributed by atoms with Gasteiger partial charge in [-0.05, 0) is 43.7 Å². The van der Waals surface area contributed by atoms with Crippen molar-refractivity contribution in [2.75, 3.05) is 12.4 Å². The van der Waals surface area contributed by atoms with E-state index in [0.717, 1.165) is 5.56 Å². The lowest BCUT2D eigenvalue weighted by molar-refractivity contribution is 0.102. The lowest BCUT2D eigenvalue weighted by Crippen LogP contribution is -2.33. The molecule has 29 heavy (non-hydrogen) atoms. The first kappa shape index (κ1) is 20.7. The molecule has 0 unspecified atom stereocenters. The maximum atomic E-state index is 12.5. The van der Waals surface area contributed by atoms with Crippen LogP contribution < -0.4 is 5.32 Å². The Balaban J connectivity index is 1.67. The van der Waals surface area contributed by atoms with Crippen molar-refractivity contribution in [1.82, 2.24) is 19.3 Å². The van der Waals surface area contributed by atoms with E-state index in [0.29, 0.717) is 12.2 Å². The molecule has 0 fully saturated rings. The molecule has 0 saturated carbocycles. The monoisotopic (exact) mass is 413 g/mol. The van der Waals surface area contributed by atoms with E-state index in [1.165, 1.54) is 23.5 Å². The first-order chi connectivity index (χ1) is 13.8. The molecule has 152 valence electrons. The second-order valence-electron chi connectivity index (χ2n) is 6.88. The van der Waals surface area contributed by atoms with Crippen LogP contribution in [0.15, 0.2) is 65.7 Å². The van der Waals surface area contributed by atoms with Crippen LogP contribution in [0.1, 0.15) is 29.9 Å². The predicted octanol–water partition coefficient (Wildman–Crippen LogP) is 2.61. The summed E-state index contributed by atoms with van der Waals surface area (Å²) in [5.41, 5.74) is 1.70. The number of anilines is 1. The number of rotatable bonds is 7. The quantitative estimate of drug-likeness (QED) is 0.642. The van der Waals surface area contributed by atoms with Gasteiger partial charge in [-0.3, -0.25) is 4.79 Å². The number of carbonyl (C=O) groups excluding carboxylic acids is 1. The summed E-state index contributed by atoms with van der Waals surface area (Å²) in [6, 6.07) is 15.6. The van der Waals surface area contributed by atoms with E-state index >= 15 is 0 Å². The molecule has 1 amide bonds. The van der Waals surface area contributed by atoms with Crippen LogP contribution in [0.2, 0.25) is 0 Å². The molecule has 8 nitrogen and oxygen atoms in total. The average molecular weight is 414 g/mol. The highest BCUT2D eigenvalue weighted by Gasteiger charge is 2.23. The number of aromatic nitrogens is 3. The molecule has 3 rings (SSSR count). The Kier molecular flexibility index (Phi) is 6.09. The Hall–Kier alpha value is -3.04. The largest absolute Gasteiger partial charge is 0.321 e. The lowest BCUT2D eigenvalue weighted by atomic mass is 10.2. The number of carbonyl (C=O) groups is 1. The van der Waals surface area contributed by atoms with E-state index in [2.05, 4.69) is 15.6 Å². The van der Waals surface area contributed by atoms with Crippen LogP contribution in [-0.4, -0.2) is 46.7 Å². The summed E-state index contributed by atoms with van der Waals surface area (Å²) < 4.78 is 27.9. The second-order valence-corrected chi connectivity index (χ2v) is 8.88. The molecule has 2 aromatic carbocycles. The van der Waals surface area contributed by atoms with Crippen LogP contribution in [0.4, 0.5) is 5.69 Å². The third kappa shape index (κ3) is 4.87. The van der Waals surface area contributed by atoms with Crippen molar-refractivity contribution >= 4 is 21.6 Å². The predicted molar refractivity (Wildman–Crippen MR) is 110 cm³/mol. The second kappa shape index (κ2) is 8.54. The van der Waals surface area contributed by atoms with E-state index in [1.807, 2.05) is 30.3 Å². The lowest BCUT2D eigenvalue weighted by Gasteiger charge is -2.21. The van der Waals surface area contributed by atoms with Gasteiger partial charge in [0.2, 0.25) is 10.0 Å². The Bertz CT molecular complexity index is 1080. The third-order valence-corrected chi connectivity index (χ3v) is 6.52. The van der Waals surface area contributed by atoms with Crippen LogP contribution in [0.25, 0.3) is 0 Å². The van der Waals surface area contributed by atoms with Crippen molar-refractivity contribution in [3.63, 3.8) is 0 Å². The van der Waals surface area contributed by atoms with Gasteiger partial charge in [0.1, 0.15) is 0 Å². The zero-order chi connectivity index (χ0) is 21.0. The van der Waals surface area contributed by atoms with Gasteiger partial charge < -0.3 is 5.32 Å². The summed E-state index contributed by atoms with van der Waals surface area (Å²) in [5.74, 6) is -0.417. The minimum atomic E-state index is -3.57. The molecule has 0 bridgehead atoms. The molecular weight excluding hydrogens is 390 g/mol. The van der Waals surface area contributed by atoms with E-state index < -0.39 is 15.9 Å². The topological polar surface area (TPSA) is 97.2 Å². The summed E-state index contributed by atoms with van der Waals surface area (Å²) in [5, 5.41) is 10.6. The van der Waals surface area contributed by atoms with Gasteiger partial charge in [-0.15, -0.1) is 5.10 Å². The number of nitrogens with one attached hydrogen (secondary N) is 1. The molecule has 1 N–H and O–H groups in total. The summed E-state index contributed by atoms with van der Waals surface area (Å²) in [4.78, 5) is 12.6. The van der Waals surface area contributed by atoms with Gasteiger partial charge in [-0.2, -0.15) is 4.31 Å². The SMILES string of the molecule is CC(C)N(C)S(=O)(=O)c1ccc(NC(=O)c2cn(Cc3ccccc3)nn2)cc1. The first-order valence-electron chi connectivity index (χ1n) is 9.11. The molecule has 0 saturated heterocycles. The van der Waals surface area contributed by atoms with E-state index in [1.54, 1.807) is 36.9 Å². The minimum Gasteiger partial charge on any atom is -0.321 e. The van der Waals surface area contributed by atoms with E-state index in [-0.39, 0.29) is 16.6 Å². The molecule has 0 radical (unpaired) electrons. The zero-order valence-corrected chi connectivity index (χ0v) is 17.3. The highest BCUT2D eigenvalue weighted by molar-refractivity contribution is 7.89. The maximum Gasteiger partial charge on any atom is 0.277 e. The standard InChI is InChI=1S/C20H23N5O3S/c1-15(2)24(3)29(27,28)18-11-9-17(10-12-18)21-20(26)19-14-25(23-22-19)13-16-7-5-4-6-8-16/h4-12,14-15H,13H2,1-3H3,(H,21,26). The average Bonchev–Trinajstić information content (AvgIpc) is 3.17. The zero-order valence-electron chi connectivity index (χ0n) is 16.5. The van der Waals surface area contributed by atoms with Gasteiger partial charge in [0, 0.05) is 18.8 Å². The summed E-state index contributed by atoms with van der Waals surface area (Å²) in [6.45, 7) is 4.12. The fraction of sp³-hybridized carbons (Fsp3) is 0.250. The molecule has 0 aliphatic heterocycles. The number of amides is 1. The van der Waals surface area contributed by atoms with Gasteiger partial charge in [0.05, 0.1) is 17.6 Å². The summed E-state index contributed by atoms with van der Waals surface area (Å²) in [6.07, 6.45) is 1.57. The Morgan fingerprint density at radius 2 is 1.76 bits per heavy atom. The third-order valence-electron chi connectivity index (χ3n) is 4.48. The molecule has 1 aromatic heterocycles. The smallest absolute Gasteiger partial charge is 0.277 e.